The molecular formula is C15H24N4O3S. The zero-order chi connectivity index (χ0) is 17.0. The second-order valence-corrected chi connectivity index (χ2v) is 7.90. The molecule has 8 heteroatoms. The second-order valence-electron chi connectivity index (χ2n) is 6.07. The first-order chi connectivity index (χ1) is 10.8. The van der Waals surface area contributed by atoms with Gasteiger partial charge in [0, 0.05) is 45.0 Å². The van der Waals surface area contributed by atoms with E-state index in [1.54, 1.807) is 23.2 Å². The first-order valence-electron chi connectivity index (χ1n) is 7.67. The Hall–Kier alpha value is -1.67. The highest BCUT2D eigenvalue weighted by Crippen LogP contribution is 2.20. The van der Waals surface area contributed by atoms with E-state index in [1.807, 2.05) is 19.0 Å². The Balaban J connectivity index is 2.16. The van der Waals surface area contributed by atoms with Crippen LogP contribution in [-0.4, -0.2) is 63.7 Å². The van der Waals surface area contributed by atoms with Gasteiger partial charge in [-0.1, -0.05) is 0 Å². The van der Waals surface area contributed by atoms with E-state index in [0.717, 1.165) is 31.3 Å². The molecule has 0 saturated carbocycles. The Morgan fingerprint density at radius 1 is 1.43 bits per heavy atom. The summed E-state index contributed by atoms with van der Waals surface area (Å²) in [5.41, 5.74) is 0.579. The van der Waals surface area contributed by atoms with Gasteiger partial charge < -0.3 is 9.80 Å². The first kappa shape index (κ1) is 17.7. The largest absolute Gasteiger partial charge is 0.363 e. The molecule has 1 atom stereocenters. The second kappa shape index (κ2) is 7.27. The van der Waals surface area contributed by atoms with Crippen molar-refractivity contribution in [3.05, 3.63) is 23.9 Å². The minimum atomic E-state index is -3.26. The number of aromatic nitrogens is 1. The molecule has 1 saturated heterocycles. The van der Waals surface area contributed by atoms with Crippen LogP contribution in [0.1, 0.15) is 29.6 Å². The molecule has 2 rings (SSSR count). The van der Waals surface area contributed by atoms with Gasteiger partial charge in [0.25, 0.3) is 5.91 Å². The van der Waals surface area contributed by atoms with Crippen molar-refractivity contribution in [2.75, 3.05) is 38.3 Å². The summed E-state index contributed by atoms with van der Waals surface area (Å²) in [7, 11) is 0.483. The number of nitrogens with one attached hydrogen (secondary N) is 1. The van der Waals surface area contributed by atoms with E-state index in [1.165, 1.54) is 0 Å². The lowest BCUT2D eigenvalue weighted by atomic mass is 10.0. The highest BCUT2D eigenvalue weighted by molar-refractivity contribution is 7.88. The average molecular weight is 340 g/mol. The molecule has 1 aliphatic heterocycles. The number of carbonyl (C=O) groups is 1. The summed E-state index contributed by atoms with van der Waals surface area (Å²) >= 11 is 0. The van der Waals surface area contributed by atoms with Crippen LogP contribution in [0.4, 0.5) is 5.82 Å². The smallest absolute Gasteiger partial charge is 0.254 e. The zero-order valence-corrected chi connectivity index (χ0v) is 14.6. The maximum absolute atomic E-state index is 12.8. The molecular weight excluding hydrogens is 316 g/mol. The molecule has 1 aromatic rings. The quantitative estimate of drug-likeness (QED) is 0.853. The predicted molar refractivity (Wildman–Crippen MR) is 90.1 cm³/mol. The monoisotopic (exact) mass is 340 g/mol. The van der Waals surface area contributed by atoms with Crippen molar-refractivity contribution in [1.82, 2.24) is 14.6 Å². The molecule has 0 bridgehead atoms. The van der Waals surface area contributed by atoms with Crippen LogP contribution in [0.15, 0.2) is 18.3 Å². The van der Waals surface area contributed by atoms with Crippen molar-refractivity contribution in [2.45, 2.75) is 25.3 Å². The third kappa shape index (κ3) is 4.90. The number of hydrogen-bond donors (Lipinski definition) is 1. The maximum atomic E-state index is 12.8. The van der Waals surface area contributed by atoms with Crippen LogP contribution in [0.25, 0.3) is 0 Å². The van der Waals surface area contributed by atoms with Gasteiger partial charge in [-0.05, 0) is 31.4 Å². The molecule has 2 heterocycles. The summed E-state index contributed by atoms with van der Waals surface area (Å²) < 4.78 is 25.1. The van der Waals surface area contributed by atoms with Gasteiger partial charge in [-0.15, -0.1) is 0 Å². The van der Waals surface area contributed by atoms with Gasteiger partial charge in [0.05, 0.1) is 6.26 Å². The summed E-state index contributed by atoms with van der Waals surface area (Å²) in [5.74, 6) is 0.647. The number of rotatable bonds is 5. The summed E-state index contributed by atoms with van der Waals surface area (Å²) in [6, 6.07) is 3.35. The lowest BCUT2D eigenvalue weighted by Crippen LogP contribution is -2.49. The molecule has 1 aromatic heterocycles. The number of nitrogens with zero attached hydrogens (tertiary/aromatic N) is 3. The predicted octanol–water partition coefficient (Wildman–Crippen LogP) is 0.692. The van der Waals surface area contributed by atoms with Crippen LogP contribution in [0.2, 0.25) is 0 Å². The van der Waals surface area contributed by atoms with E-state index in [9.17, 15) is 13.2 Å². The fourth-order valence-electron chi connectivity index (χ4n) is 2.69. The summed E-state index contributed by atoms with van der Waals surface area (Å²) in [4.78, 5) is 20.6. The Bertz CT molecular complexity index is 660. The van der Waals surface area contributed by atoms with E-state index in [2.05, 4.69) is 9.71 Å². The van der Waals surface area contributed by atoms with Crippen LogP contribution < -0.4 is 9.62 Å². The zero-order valence-electron chi connectivity index (χ0n) is 13.8. The number of piperidine rings is 1. The highest BCUT2D eigenvalue weighted by Gasteiger charge is 2.28. The number of pyridine rings is 1. The normalized spacial score (nSPS) is 18.7. The molecule has 7 nitrogen and oxygen atoms in total. The summed E-state index contributed by atoms with van der Waals surface area (Å²) in [6.07, 6.45) is 5.50. The highest BCUT2D eigenvalue weighted by atomic mass is 32.2. The van der Waals surface area contributed by atoms with Crippen LogP contribution in [-0.2, 0) is 10.0 Å². The van der Waals surface area contributed by atoms with Gasteiger partial charge in [-0.2, -0.15) is 0 Å². The molecule has 1 fully saturated rings. The van der Waals surface area contributed by atoms with Gasteiger partial charge in [0.1, 0.15) is 5.82 Å². The third-order valence-electron chi connectivity index (χ3n) is 3.92. The van der Waals surface area contributed by atoms with E-state index < -0.39 is 10.0 Å². The number of likely N-dealkylation sites (tertiary alicyclic amines) is 1. The maximum Gasteiger partial charge on any atom is 0.254 e. The van der Waals surface area contributed by atoms with E-state index in [0.29, 0.717) is 12.1 Å². The molecule has 1 aliphatic rings. The Morgan fingerprint density at radius 2 is 2.17 bits per heavy atom. The molecule has 1 N–H and O–H groups in total. The van der Waals surface area contributed by atoms with Crippen LogP contribution in [0.5, 0.6) is 0 Å². The van der Waals surface area contributed by atoms with Crippen LogP contribution in [0, 0.1) is 0 Å². The molecule has 0 unspecified atom stereocenters. The van der Waals surface area contributed by atoms with Crippen molar-refractivity contribution < 1.29 is 13.2 Å². The SMILES string of the molecule is CN(C)c1cc(C(=O)N2CCCC[C@@H]2CNS(C)(=O)=O)ccn1. The molecule has 1 amide bonds. The van der Waals surface area contributed by atoms with Gasteiger partial charge in [-0.25, -0.2) is 18.1 Å². The minimum absolute atomic E-state index is 0.0736. The average Bonchev–Trinajstić information content (AvgIpc) is 2.52. The summed E-state index contributed by atoms with van der Waals surface area (Å²) in [5, 5.41) is 0. The molecule has 0 aromatic carbocycles. The first-order valence-corrected chi connectivity index (χ1v) is 9.56. The van der Waals surface area contributed by atoms with Gasteiger partial charge in [-0.3, -0.25) is 4.79 Å². The fraction of sp³-hybridized carbons (Fsp3) is 0.600. The molecule has 0 spiro atoms. The summed E-state index contributed by atoms with van der Waals surface area (Å²) in [6.45, 7) is 0.907. The standard InChI is InChI=1S/C15H24N4O3S/c1-18(2)14-10-12(7-8-16-14)15(20)19-9-5-4-6-13(19)11-17-23(3,21)22/h7-8,10,13,17H,4-6,9,11H2,1-3H3/t13-/m1/s1. The van der Waals surface area contributed by atoms with Crippen LogP contribution >= 0.6 is 0 Å². The number of sulfonamides is 1. The Kier molecular flexibility index (Phi) is 5.59. The molecule has 0 aliphatic carbocycles. The minimum Gasteiger partial charge on any atom is -0.363 e. The topological polar surface area (TPSA) is 82.6 Å². The van der Waals surface area contributed by atoms with Crippen molar-refractivity contribution in [1.29, 1.82) is 0 Å². The van der Waals surface area contributed by atoms with Crippen molar-refractivity contribution >= 4 is 21.7 Å². The lowest BCUT2D eigenvalue weighted by Gasteiger charge is -2.36. The van der Waals surface area contributed by atoms with Crippen LogP contribution in [0.3, 0.4) is 0 Å². The Morgan fingerprint density at radius 3 is 2.83 bits per heavy atom. The number of hydrogen-bond acceptors (Lipinski definition) is 5. The lowest BCUT2D eigenvalue weighted by molar-refractivity contribution is 0.0618. The van der Waals surface area contributed by atoms with Crippen molar-refractivity contribution in [3.8, 4) is 0 Å². The van der Waals surface area contributed by atoms with Gasteiger partial charge in [0.2, 0.25) is 10.0 Å². The van der Waals surface area contributed by atoms with E-state index >= 15 is 0 Å². The number of carbonyl (C=O) groups excluding carboxylic acids is 1. The molecule has 0 radical (unpaired) electrons. The van der Waals surface area contributed by atoms with Crippen molar-refractivity contribution in [3.63, 3.8) is 0 Å². The fourth-order valence-corrected chi connectivity index (χ4v) is 3.18. The van der Waals surface area contributed by atoms with E-state index in [4.69, 9.17) is 0 Å². The van der Waals surface area contributed by atoms with E-state index in [-0.39, 0.29) is 18.5 Å². The number of amides is 1. The number of anilines is 1. The third-order valence-corrected chi connectivity index (χ3v) is 4.61. The van der Waals surface area contributed by atoms with Gasteiger partial charge >= 0.3 is 0 Å². The molecule has 23 heavy (non-hydrogen) atoms. The van der Waals surface area contributed by atoms with Gasteiger partial charge in [0.15, 0.2) is 0 Å². The van der Waals surface area contributed by atoms with Crippen molar-refractivity contribution in [2.24, 2.45) is 0 Å². The molecule has 128 valence electrons. The Labute approximate surface area is 137 Å².